The zero-order chi connectivity index (χ0) is 12.1. The highest BCUT2D eigenvalue weighted by Crippen LogP contribution is 2.11. The molecular formula is C13H21N3O. The Hall–Kier alpha value is -1.13. The van der Waals surface area contributed by atoms with Crippen LogP contribution in [0, 0.1) is 0 Å². The summed E-state index contributed by atoms with van der Waals surface area (Å²) in [6.07, 6.45) is 3.86. The van der Waals surface area contributed by atoms with Crippen LogP contribution in [0.1, 0.15) is 19.0 Å². The molecule has 1 aromatic heterocycles. The molecule has 2 heterocycles. The molecule has 94 valence electrons. The third-order valence-electron chi connectivity index (χ3n) is 3.32. The van der Waals surface area contributed by atoms with Crippen molar-refractivity contribution in [3.05, 3.63) is 24.0 Å². The highest BCUT2D eigenvalue weighted by atomic mass is 16.5. The van der Waals surface area contributed by atoms with Crippen LogP contribution in [0.3, 0.4) is 0 Å². The van der Waals surface area contributed by atoms with Crippen molar-refractivity contribution in [2.24, 2.45) is 0 Å². The first kappa shape index (κ1) is 12.3. The van der Waals surface area contributed by atoms with Gasteiger partial charge in [0.15, 0.2) is 0 Å². The molecule has 0 amide bonds. The SMILES string of the molecule is CCC1COCCN1CCc1ccc(N)cn1. The molecule has 17 heavy (non-hydrogen) atoms. The van der Waals surface area contributed by atoms with Crippen LogP contribution >= 0.6 is 0 Å². The number of ether oxygens (including phenoxy) is 1. The van der Waals surface area contributed by atoms with E-state index in [9.17, 15) is 0 Å². The summed E-state index contributed by atoms with van der Waals surface area (Å²) in [5.41, 5.74) is 7.46. The molecule has 1 fully saturated rings. The van der Waals surface area contributed by atoms with Crippen LogP contribution < -0.4 is 5.73 Å². The molecule has 1 unspecified atom stereocenters. The minimum atomic E-state index is 0.567. The largest absolute Gasteiger partial charge is 0.397 e. The van der Waals surface area contributed by atoms with E-state index in [0.717, 1.165) is 50.5 Å². The number of nitrogens with zero attached hydrogens (tertiary/aromatic N) is 2. The van der Waals surface area contributed by atoms with E-state index in [1.807, 2.05) is 12.1 Å². The van der Waals surface area contributed by atoms with Crippen molar-refractivity contribution in [2.45, 2.75) is 25.8 Å². The van der Waals surface area contributed by atoms with Gasteiger partial charge in [-0.15, -0.1) is 0 Å². The zero-order valence-corrected chi connectivity index (χ0v) is 10.4. The van der Waals surface area contributed by atoms with Gasteiger partial charge in [0.25, 0.3) is 0 Å². The van der Waals surface area contributed by atoms with Crippen LogP contribution in [-0.4, -0.2) is 42.2 Å². The molecule has 4 heteroatoms. The molecule has 4 nitrogen and oxygen atoms in total. The van der Waals surface area contributed by atoms with Crippen molar-refractivity contribution >= 4 is 5.69 Å². The van der Waals surface area contributed by atoms with Crippen LogP contribution in [0.25, 0.3) is 0 Å². The fourth-order valence-corrected chi connectivity index (χ4v) is 2.20. The average molecular weight is 235 g/mol. The minimum absolute atomic E-state index is 0.567. The summed E-state index contributed by atoms with van der Waals surface area (Å²) in [6.45, 7) is 6.03. The smallest absolute Gasteiger partial charge is 0.0622 e. The maximum atomic E-state index is 5.62. The fraction of sp³-hybridized carbons (Fsp3) is 0.615. The van der Waals surface area contributed by atoms with Gasteiger partial charge in [0.05, 0.1) is 25.1 Å². The van der Waals surface area contributed by atoms with Crippen LogP contribution in [0.2, 0.25) is 0 Å². The molecule has 2 N–H and O–H groups in total. The summed E-state index contributed by atoms with van der Waals surface area (Å²) in [5, 5.41) is 0. The van der Waals surface area contributed by atoms with E-state index in [4.69, 9.17) is 10.5 Å². The quantitative estimate of drug-likeness (QED) is 0.855. The molecule has 1 aliphatic rings. The summed E-state index contributed by atoms with van der Waals surface area (Å²) in [7, 11) is 0. The molecule has 0 aliphatic carbocycles. The first-order valence-electron chi connectivity index (χ1n) is 6.32. The van der Waals surface area contributed by atoms with Crippen LogP contribution in [0.4, 0.5) is 5.69 Å². The van der Waals surface area contributed by atoms with Gasteiger partial charge in [0.2, 0.25) is 0 Å². The molecule has 0 spiro atoms. The highest BCUT2D eigenvalue weighted by Gasteiger charge is 2.20. The molecule has 1 aromatic rings. The standard InChI is InChI=1S/C13H21N3O/c1-2-13-10-17-8-7-16(13)6-5-12-4-3-11(14)9-15-12/h3-4,9,13H,2,5-8,10,14H2,1H3. The lowest BCUT2D eigenvalue weighted by Crippen LogP contribution is -2.45. The lowest BCUT2D eigenvalue weighted by atomic mass is 10.1. The van der Waals surface area contributed by atoms with Gasteiger partial charge in [0, 0.05) is 31.2 Å². The number of pyridine rings is 1. The van der Waals surface area contributed by atoms with E-state index in [0.29, 0.717) is 6.04 Å². The second-order valence-corrected chi connectivity index (χ2v) is 4.51. The first-order chi connectivity index (χ1) is 8.29. The Balaban J connectivity index is 1.86. The summed E-state index contributed by atoms with van der Waals surface area (Å²) in [6, 6.07) is 4.49. The summed E-state index contributed by atoms with van der Waals surface area (Å²) < 4.78 is 5.50. The maximum Gasteiger partial charge on any atom is 0.0622 e. The van der Waals surface area contributed by atoms with Crippen LogP contribution in [0.5, 0.6) is 0 Å². The molecule has 1 aliphatic heterocycles. The van der Waals surface area contributed by atoms with E-state index in [1.54, 1.807) is 6.20 Å². The van der Waals surface area contributed by atoms with Crippen molar-refractivity contribution in [1.29, 1.82) is 0 Å². The predicted octanol–water partition coefficient (Wildman–Crippen LogP) is 1.32. The Labute approximate surface area is 103 Å². The Bertz CT molecular complexity index is 339. The molecule has 0 aromatic carbocycles. The van der Waals surface area contributed by atoms with Gasteiger partial charge in [-0.1, -0.05) is 6.92 Å². The van der Waals surface area contributed by atoms with Crippen molar-refractivity contribution in [1.82, 2.24) is 9.88 Å². The minimum Gasteiger partial charge on any atom is -0.397 e. The molecule has 1 atom stereocenters. The van der Waals surface area contributed by atoms with Crippen LogP contribution in [-0.2, 0) is 11.2 Å². The van der Waals surface area contributed by atoms with Gasteiger partial charge >= 0.3 is 0 Å². The van der Waals surface area contributed by atoms with Gasteiger partial charge in [-0.3, -0.25) is 9.88 Å². The number of aromatic nitrogens is 1. The van der Waals surface area contributed by atoms with Crippen molar-refractivity contribution in [2.75, 3.05) is 32.0 Å². The molecular weight excluding hydrogens is 214 g/mol. The summed E-state index contributed by atoms with van der Waals surface area (Å²) in [4.78, 5) is 6.83. The second-order valence-electron chi connectivity index (χ2n) is 4.51. The normalized spacial score (nSPS) is 21.6. The lowest BCUT2D eigenvalue weighted by molar-refractivity contribution is -0.00802. The third-order valence-corrected chi connectivity index (χ3v) is 3.32. The van der Waals surface area contributed by atoms with E-state index in [2.05, 4.69) is 16.8 Å². The molecule has 0 bridgehead atoms. The Morgan fingerprint density at radius 2 is 2.41 bits per heavy atom. The lowest BCUT2D eigenvalue weighted by Gasteiger charge is -2.34. The fourth-order valence-electron chi connectivity index (χ4n) is 2.20. The van der Waals surface area contributed by atoms with Gasteiger partial charge in [-0.2, -0.15) is 0 Å². The number of hydrogen-bond acceptors (Lipinski definition) is 4. The zero-order valence-electron chi connectivity index (χ0n) is 10.4. The van der Waals surface area contributed by atoms with E-state index in [1.165, 1.54) is 0 Å². The van der Waals surface area contributed by atoms with Crippen molar-refractivity contribution < 1.29 is 4.74 Å². The second kappa shape index (κ2) is 5.98. The van der Waals surface area contributed by atoms with Crippen LogP contribution in [0.15, 0.2) is 18.3 Å². The number of hydrogen-bond donors (Lipinski definition) is 1. The van der Waals surface area contributed by atoms with Crippen molar-refractivity contribution in [3.63, 3.8) is 0 Å². The topological polar surface area (TPSA) is 51.4 Å². The molecule has 0 saturated carbocycles. The molecule has 0 radical (unpaired) electrons. The van der Waals surface area contributed by atoms with E-state index in [-0.39, 0.29) is 0 Å². The summed E-state index contributed by atoms with van der Waals surface area (Å²) >= 11 is 0. The van der Waals surface area contributed by atoms with E-state index < -0.39 is 0 Å². The Morgan fingerprint density at radius 3 is 3.12 bits per heavy atom. The van der Waals surface area contributed by atoms with Crippen molar-refractivity contribution in [3.8, 4) is 0 Å². The monoisotopic (exact) mass is 235 g/mol. The highest BCUT2D eigenvalue weighted by molar-refractivity contribution is 5.34. The van der Waals surface area contributed by atoms with Gasteiger partial charge in [0.1, 0.15) is 0 Å². The number of morpholine rings is 1. The predicted molar refractivity (Wildman–Crippen MR) is 68.8 cm³/mol. The summed E-state index contributed by atoms with van der Waals surface area (Å²) in [5.74, 6) is 0. The number of nitrogens with two attached hydrogens (primary N) is 1. The molecule has 2 rings (SSSR count). The maximum absolute atomic E-state index is 5.62. The molecule has 1 saturated heterocycles. The first-order valence-corrected chi connectivity index (χ1v) is 6.32. The number of rotatable bonds is 4. The number of anilines is 1. The Kier molecular flexibility index (Phi) is 4.34. The number of nitrogen functional groups attached to an aromatic ring is 1. The third kappa shape index (κ3) is 3.41. The van der Waals surface area contributed by atoms with E-state index >= 15 is 0 Å². The average Bonchev–Trinajstić information content (AvgIpc) is 2.38. The van der Waals surface area contributed by atoms with Gasteiger partial charge in [-0.25, -0.2) is 0 Å². The van der Waals surface area contributed by atoms with Gasteiger partial charge in [-0.05, 0) is 18.6 Å². The van der Waals surface area contributed by atoms with Gasteiger partial charge < -0.3 is 10.5 Å². The Morgan fingerprint density at radius 1 is 1.53 bits per heavy atom.